The van der Waals surface area contributed by atoms with Gasteiger partial charge in [0, 0.05) is 31.1 Å². The Balaban J connectivity index is 2.44. The van der Waals surface area contributed by atoms with Gasteiger partial charge < -0.3 is 9.64 Å². The summed E-state index contributed by atoms with van der Waals surface area (Å²) in [5.74, 6) is 2.24. The van der Waals surface area contributed by atoms with Crippen LogP contribution in [-0.4, -0.2) is 49.1 Å². The zero-order chi connectivity index (χ0) is 10.6. The normalized spacial score (nSPS) is 19.4. The largest absolute Gasteiger partial charge is 0.469 e. The van der Waals surface area contributed by atoms with Gasteiger partial charge in [0.05, 0.1) is 12.5 Å². The molecule has 4 heteroatoms. The van der Waals surface area contributed by atoms with Gasteiger partial charge in [-0.15, -0.1) is 0 Å². The Morgan fingerprint density at radius 2 is 2.00 bits per heavy atom. The van der Waals surface area contributed by atoms with Gasteiger partial charge in [0.2, 0.25) is 0 Å². The van der Waals surface area contributed by atoms with Crippen molar-refractivity contribution in [3.8, 4) is 0 Å². The number of ether oxygens (including phenoxy) is 1. The van der Waals surface area contributed by atoms with E-state index in [1.165, 1.54) is 18.6 Å². The van der Waals surface area contributed by atoms with E-state index in [2.05, 4.69) is 4.90 Å². The van der Waals surface area contributed by atoms with Gasteiger partial charge in [-0.1, -0.05) is 0 Å². The lowest BCUT2D eigenvalue weighted by molar-refractivity contribution is -0.151. The molecule has 1 aliphatic rings. The number of rotatable bonds is 3. The van der Waals surface area contributed by atoms with Crippen molar-refractivity contribution in [2.75, 3.05) is 38.2 Å². The Bertz CT molecular complexity index is 200. The van der Waals surface area contributed by atoms with Gasteiger partial charge in [-0.25, -0.2) is 0 Å². The van der Waals surface area contributed by atoms with Crippen LogP contribution in [-0.2, 0) is 9.53 Å². The summed E-state index contributed by atoms with van der Waals surface area (Å²) in [5, 5.41) is 0. The molecule has 1 fully saturated rings. The minimum Gasteiger partial charge on any atom is -0.469 e. The van der Waals surface area contributed by atoms with Gasteiger partial charge in [-0.2, -0.15) is 11.8 Å². The quantitative estimate of drug-likeness (QED) is 0.665. The predicted molar refractivity (Wildman–Crippen MR) is 59.6 cm³/mol. The lowest BCUT2D eigenvalue weighted by Gasteiger charge is -2.32. The van der Waals surface area contributed by atoms with Gasteiger partial charge in [0.15, 0.2) is 0 Å². The molecule has 1 aliphatic heterocycles. The number of hydrogen-bond acceptors (Lipinski definition) is 4. The first-order valence-electron chi connectivity index (χ1n) is 4.95. The number of methoxy groups -OCH3 is 1. The molecule has 0 amide bonds. The molecule has 0 spiro atoms. The van der Waals surface area contributed by atoms with Crippen molar-refractivity contribution in [1.82, 2.24) is 4.90 Å². The molecule has 1 heterocycles. The summed E-state index contributed by atoms with van der Waals surface area (Å²) < 4.78 is 4.79. The smallest absolute Gasteiger partial charge is 0.312 e. The van der Waals surface area contributed by atoms with Gasteiger partial charge in [0.25, 0.3) is 0 Å². The van der Waals surface area contributed by atoms with E-state index >= 15 is 0 Å². The minimum absolute atomic E-state index is 0.115. The molecule has 0 aromatic heterocycles. The highest BCUT2D eigenvalue weighted by Gasteiger charge is 2.31. The van der Waals surface area contributed by atoms with E-state index in [9.17, 15) is 4.79 Å². The van der Waals surface area contributed by atoms with Crippen LogP contribution in [0.5, 0.6) is 0 Å². The van der Waals surface area contributed by atoms with Crippen LogP contribution in [0.2, 0.25) is 0 Å². The molecular formula is C10H19NO2S. The number of carbonyl (C=O) groups is 1. The number of nitrogens with zero attached hydrogens (tertiary/aromatic N) is 1. The van der Waals surface area contributed by atoms with Crippen LogP contribution in [0.15, 0.2) is 0 Å². The molecule has 0 N–H and O–H groups in total. The van der Waals surface area contributed by atoms with E-state index in [0.717, 1.165) is 19.6 Å². The highest BCUT2D eigenvalue weighted by atomic mass is 32.2. The fraction of sp³-hybridized carbons (Fsp3) is 0.900. The topological polar surface area (TPSA) is 29.5 Å². The van der Waals surface area contributed by atoms with Crippen molar-refractivity contribution in [1.29, 1.82) is 0 Å². The van der Waals surface area contributed by atoms with Crippen molar-refractivity contribution in [2.45, 2.75) is 13.8 Å². The van der Waals surface area contributed by atoms with E-state index in [1.54, 1.807) is 0 Å². The van der Waals surface area contributed by atoms with Gasteiger partial charge in [0.1, 0.15) is 0 Å². The Kier molecular flexibility index (Phi) is 4.26. The molecule has 82 valence electrons. The second-order valence-electron chi connectivity index (χ2n) is 4.26. The first-order valence-corrected chi connectivity index (χ1v) is 6.10. The molecule has 0 radical (unpaired) electrons. The molecule has 0 unspecified atom stereocenters. The second kappa shape index (κ2) is 5.03. The summed E-state index contributed by atoms with van der Waals surface area (Å²) in [6.07, 6.45) is 0. The highest BCUT2D eigenvalue weighted by molar-refractivity contribution is 7.99. The maximum absolute atomic E-state index is 11.5. The molecule has 0 bridgehead atoms. The Morgan fingerprint density at radius 3 is 2.50 bits per heavy atom. The van der Waals surface area contributed by atoms with Crippen LogP contribution in [0.3, 0.4) is 0 Å². The molecule has 0 aromatic rings. The van der Waals surface area contributed by atoms with Crippen molar-refractivity contribution >= 4 is 17.7 Å². The van der Waals surface area contributed by atoms with E-state index < -0.39 is 0 Å². The Hall–Kier alpha value is -0.220. The summed E-state index contributed by atoms with van der Waals surface area (Å²) in [6.45, 7) is 6.87. The first-order chi connectivity index (χ1) is 6.56. The van der Waals surface area contributed by atoms with Crippen molar-refractivity contribution < 1.29 is 9.53 Å². The molecule has 14 heavy (non-hydrogen) atoms. The standard InChI is InChI=1S/C10H19NO2S/c1-10(2,9(12)13-3)8-11-4-6-14-7-5-11/h4-8H2,1-3H3. The fourth-order valence-corrected chi connectivity index (χ4v) is 2.64. The molecule has 0 aliphatic carbocycles. The molecule has 0 saturated carbocycles. The van der Waals surface area contributed by atoms with E-state index in [-0.39, 0.29) is 11.4 Å². The van der Waals surface area contributed by atoms with Crippen LogP contribution in [0, 0.1) is 5.41 Å². The Labute approximate surface area is 90.2 Å². The summed E-state index contributed by atoms with van der Waals surface area (Å²) >= 11 is 1.98. The summed E-state index contributed by atoms with van der Waals surface area (Å²) in [7, 11) is 1.45. The van der Waals surface area contributed by atoms with Crippen LogP contribution >= 0.6 is 11.8 Å². The lowest BCUT2D eigenvalue weighted by atomic mass is 9.93. The van der Waals surface area contributed by atoms with Gasteiger partial charge in [-0.05, 0) is 13.8 Å². The van der Waals surface area contributed by atoms with Crippen molar-refractivity contribution in [3.63, 3.8) is 0 Å². The molecular weight excluding hydrogens is 198 g/mol. The van der Waals surface area contributed by atoms with Crippen LogP contribution in [0.25, 0.3) is 0 Å². The maximum atomic E-state index is 11.5. The lowest BCUT2D eigenvalue weighted by Crippen LogP contribution is -2.43. The SMILES string of the molecule is COC(=O)C(C)(C)CN1CCSCC1. The second-order valence-corrected chi connectivity index (χ2v) is 5.49. The van der Waals surface area contributed by atoms with Gasteiger partial charge in [-0.3, -0.25) is 4.79 Å². The third kappa shape index (κ3) is 3.17. The molecule has 0 aromatic carbocycles. The minimum atomic E-state index is -0.378. The van der Waals surface area contributed by atoms with Crippen LogP contribution in [0.1, 0.15) is 13.8 Å². The van der Waals surface area contributed by atoms with E-state index in [4.69, 9.17) is 4.74 Å². The van der Waals surface area contributed by atoms with Crippen molar-refractivity contribution in [3.05, 3.63) is 0 Å². The molecule has 3 nitrogen and oxygen atoms in total. The van der Waals surface area contributed by atoms with Crippen LogP contribution < -0.4 is 0 Å². The number of hydrogen-bond donors (Lipinski definition) is 0. The van der Waals surface area contributed by atoms with Gasteiger partial charge >= 0.3 is 5.97 Å². The summed E-state index contributed by atoms with van der Waals surface area (Å²) in [4.78, 5) is 13.8. The van der Waals surface area contributed by atoms with E-state index in [1.807, 2.05) is 25.6 Å². The third-order valence-electron chi connectivity index (χ3n) is 2.46. The third-order valence-corrected chi connectivity index (χ3v) is 3.40. The van der Waals surface area contributed by atoms with Crippen molar-refractivity contribution in [2.24, 2.45) is 5.41 Å². The first kappa shape index (κ1) is 11.9. The average Bonchev–Trinajstić information content (AvgIpc) is 2.17. The highest BCUT2D eigenvalue weighted by Crippen LogP contribution is 2.21. The zero-order valence-electron chi connectivity index (χ0n) is 9.21. The summed E-state index contributed by atoms with van der Waals surface area (Å²) in [6, 6.07) is 0. The number of esters is 1. The predicted octanol–water partition coefficient (Wildman–Crippen LogP) is 1.23. The van der Waals surface area contributed by atoms with E-state index in [0.29, 0.717) is 0 Å². The number of thioether (sulfide) groups is 1. The average molecular weight is 217 g/mol. The van der Waals surface area contributed by atoms with Crippen LogP contribution in [0.4, 0.5) is 0 Å². The molecule has 1 rings (SSSR count). The summed E-state index contributed by atoms with van der Waals surface area (Å²) in [5.41, 5.74) is -0.378. The number of carbonyl (C=O) groups excluding carboxylic acids is 1. The zero-order valence-corrected chi connectivity index (χ0v) is 10.0. The maximum Gasteiger partial charge on any atom is 0.312 e. The molecule has 0 atom stereocenters. The monoisotopic (exact) mass is 217 g/mol. The fourth-order valence-electron chi connectivity index (χ4n) is 1.66. The molecule has 1 saturated heterocycles. The Morgan fingerprint density at radius 1 is 1.43 bits per heavy atom.